The molecular formula is C24H37F2N5O4. The van der Waals surface area contributed by atoms with E-state index in [1.807, 2.05) is 23.8 Å². The van der Waals surface area contributed by atoms with Gasteiger partial charge in [-0.05, 0) is 32.7 Å². The third kappa shape index (κ3) is 6.02. The van der Waals surface area contributed by atoms with Crippen LogP contribution in [0.3, 0.4) is 0 Å². The topological polar surface area (TPSA) is 97.4 Å². The van der Waals surface area contributed by atoms with Crippen molar-refractivity contribution in [2.24, 2.45) is 5.92 Å². The van der Waals surface area contributed by atoms with Gasteiger partial charge in [-0.3, -0.25) is 19.8 Å². The molecule has 9 nitrogen and oxygen atoms in total. The number of nitrogens with zero attached hydrogens (tertiary/aromatic N) is 3. The van der Waals surface area contributed by atoms with E-state index in [0.29, 0.717) is 37.3 Å². The van der Waals surface area contributed by atoms with E-state index in [0.717, 1.165) is 19.3 Å². The molecular weight excluding hydrogens is 460 g/mol. The van der Waals surface area contributed by atoms with Gasteiger partial charge in [0.2, 0.25) is 12.3 Å². The molecule has 1 aliphatic carbocycles. The van der Waals surface area contributed by atoms with Crippen molar-refractivity contribution in [3.05, 3.63) is 23.8 Å². The third-order valence-electron chi connectivity index (χ3n) is 7.32. The van der Waals surface area contributed by atoms with Crippen LogP contribution in [0, 0.1) is 17.6 Å². The number of amides is 2. The fraction of sp³-hybridized carbons (Fsp3) is 0.667. The van der Waals surface area contributed by atoms with Gasteiger partial charge in [0.25, 0.3) is 0 Å². The van der Waals surface area contributed by atoms with E-state index in [1.54, 1.807) is 11.8 Å². The summed E-state index contributed by atoms with van der Waals surface area (Å²) in [6.45, 7) is 7.24. The van der Waals surface area contributed by atoms with E-state index in [2.05, 4.69) is 22.3 Å². The highest BCUT2D eigenvalue weighted by Gasteiger charge is 2.46. The first-order chi connectivity index (χ1) is 16.6. The van der Waals surface area contributed by atoms with Crippen molar-refractivity contribution in [1.82, 2.24) is 20.4 Å². The van der Waals surface area contributed by atoms with E-state index in [1.165, 1.54) is 19.2 Å². The molecule has 35 heavy (non-hydrogen) atoms. The number of rotatable bonds is 4. The second-order valence-corrected chi connectivity index (χ2v) is 9.66. The number of aliphatic hydroxyl groups excluding tert-OH is 1. The first-order valence-electron chi connectivity index (χ1n) is 12.0. The molecule has 11 heteroatoms. The Kier molecular flexibility index (Phi) is 8.89. The van der Waals surface area contributed by atoms with Crippen LogP contribution >= 0.6 is 0 Å². The van der Waals surface area contributed by atoms with Gasteiger partial charge in [0, 0.05) is 68.5 Å². The number of fused-ring (bicyclic) bond motifs is 1. The number of hydrogen-bond donors (Lipinski definition) is 3. The molecule has 0 radical (unpaired) electrons. The molecule has 1 aromatic carbocycles. The highest BCUT2D eigenvalue weighted by molar-refractivity contribution is 5.73. The highest BCUT2D eigenvalue weighted by atomic mass is 19.1. The molecule has 1 saturated carbocycles. The van der Waals surface area contributed by atoms with Gasteiger partial charge in [-0.2, -0.15) is 0 Å². The average Bonchev–Trinajstić information content (AvgIpc) is 3.09. The predicted octanol–water partition coefficient (Wildman–Crippen LogP) is 1.11. The molecule has 2 saturated heterocycles. The zero-order chi connectivity index (χ0) is 25.9. The third-order valence-corrected chi connectivity index (χ3v) is 7.32. The largest absolute Gasteiger partial charge is 0.491 e. The van der Waals surface area contributed by atoms with E-state index >= 15 is 0 Å². The summed E-state index contributed by atoms with van der Waals surface area (Å²) in [5, 5.41) is 15.9. The number of anilines is 1. The van der Waals surface area contributed by atoms with Crippen molar-refractivity contribution in [3.8, 4) is 5.75 Å². The van der Waals surface area contributed by atoms with E-state index < -0.39 is 18.0 Å². The summed E-state index contributed by atoms with van der Waals surface area (Å²) in [5.41, 5.74) is 0.466. The lowest BCUT2D eigenvalue weighted by Crippen LogP contribution is -2.58. The second kappa shape index (κ2) is 11.5. The maximum atomic E-state index is 13.6. The van der Waals surface area contributed by atoms with Crippen LogP contribution in [0.25, 0.3) is 0 Å². The number of piperazine rings is 1. The van der Waals surface area contributed by atoms with Crippen LogP contribution in [-0.2, 0) is 9.59 Å². The van der Waals surface area contributed by atoms with Gasteiger partial charge in [0.1, 0.15) is 0 Å². The predicted molar refractivity (Wildman–Crippen MR) is 128 cm³/mol. The van der Waals surface area contributed by atoms with E-state index in [9.17, 15) is 23.5 Å². The van der Waals surface area contributed by atoms with Crippen molar-refractivity contribution in [2.75, 3.05) is 38.7 Å². The van der Waals surface area contributed by atoms with Crippen LogP contribution in [0.2, 0.25) is 0 Å². The van der Waals surface area contributed by atoms with Crippen molar-refractivity contribution < 1.29 is 28.2 Å². The van der Waals surface area contributed by atoms with Gasteiger partial charge in [0.15, 0.2) is 23.7 Å². The van der Waals surface area contributed by atoms with Crippen LogP contribution in [-0.4, -0.2) is 91.5 Å². The smallest absolute Gasteiger partial charge is 0.217 e. The first-order valence-corrected chi connectivity index (χ1v) is 12.0. The van der Waals surface area contributed by atoms with Gasteiger partial charge in [-0.15, -0.1) is 0 Å². The van der Waals surface area contributed by atoms with E-state index in [-0.39, 0.29) is 29.8 Å². The molecule has 1 aromatic rings. The molecule has 2 aliphatic heterocycles. The summed E-state index contributed by atoms with van der Waals surface area (Å²) >= 11 is 0. The monoisotopic (exact) mass is 497 g/mol. The van der Waals surface area contributed by atoms with Crippen molar-refractivity contribution in [3.63, 3.8) is 0 Å². The summed E-state index contributed by atoms with van der Waals surface area (Å²) in [6.07, 6.45) is 2.38. The summed E-state index contributed by atoms with van der Waals surface area (Å²) < 4.78 is 31.9. The van der Waals surface area contributed by atoms with Crippen molar-refractivity contribution in [2.45, 2.75) is 64.1 Å². The minimum Gasteiger partial charge on any atom is -0.491 e. The van der Waals surface area contributed by atoms with Gasteiger partial charge in [-0.1, -0.05) is 6.92 Å². The van der Waals surface area contributed by atoms with Crippen molar-refractivity contribution >= 4 is 18.0 Å². The number of carbonyl (C=O) groups excluding carboxylic acids is 2. The number of carbonyl (C=O) groups is 2. The minimum atomic E-state index is -0.719. The Morgan fingerprint density at radius 2 is 1.89 bits per heavy atom. The Morgan fingerprint density at radius 1 is 1.23 bits per heavy atom. The second-order valence-electron chi connectivity index (χ2n) is 9.66. The Hall–Kier alpha value is -2.50. The fourth-order valence-corrected chi connectivity index (χ4v) is 5.28. The number of aliphatic hydroxyl groups is 1. The quantitative estimate of drug-likeness (QED) is 0.537. The molecule has 3 fully saturated rings. The molecule has 6 atom stereocenters. The Labute approximate surface area is 205 Å². The molecule has 3 unspecified atom stereocenters. The van der Waals surface area contributed by atoms with Crippen LogP contribution in [0.5, 0.6) is 5.75 Å². The summed E-state index contributed by atoms with van der Waals surface area (Å²) in [6, 6.07) is 3.13. The zero-order valence-corrected chi connectivity index (χ0v) is 21.0. The van der Waals surface area contributed by atoms with Crippen molar-refractivity contribution in [1.29, 1.82) is 0 Å². The maximum absolute atomic E-state index is 13.6. The summed E-state index contributed by atoms with van der Waals surface area (Å²) in [5.74, 6) is -1.35. The number of ether oxygens (including phenoxy) is 1. The lowest BCUT2D eigenvalue weighted by molar-refractivity contribution is -0.121. The average molecular weight is 498 g/mol. The first kappa shape index (κ1) is 27.1. The SMILES string of the molecule is CC(=O)NC1[C@@H]2N[C@H](O)N(C)C2CC[C@@H]1C.COc1c(F)cc(N2CCN(C=O)C(C)C2)cc1F. The van der Waals surface area contributed by atoms with Crippen LogP contribution < -0.4 is 20.3 Å². The van der Waals surface area contributed by atoms with E-state index in [4.69, 9.17) is 0 Å². The van der Waals surface area contributed by atoms with Crippen LogP contribution in [0.15, 0.2) is 12.1 Å². The molecule has 3 N–H and O–H groups in total. The number of nitrogens with one attached hydrogen (secondary N) is 2. The highest BCUT2D eigenvalue weighted by Crippen LogP contribution is 2.32. The lowest BCUT2D eigenvalue weighted by Gasteiger charge is -2.39. The molecule has 0 aromatic heterocycles. The number of likely N-dealkylation sites (N-methyl/N-ethyl adjacent to an activating group) is 1. The van der Waals surface area contributed by atoms with Gasteiger partial charge in [0.05, 0.1) is 7.11 Å². The zero-order valence-electron chi connectivity index (χ0n) is 21.0. The molecule has 3 aliphatic rings. The van der Waals surface area contributed by atoms with Crippen LogP contribution in [0.1, 0.15) is 33.6 Å². The Balaban J connectivity index is 0.000000198. The van der Waals surface area contributed by atoms with Gasteiger partial charge >= 0.3 is 0 Å². The molecule has 0 spiro atoms. The van der Waals surface area contributed by atoms with Gasteiger partial charge in [-0.25, -0.2) is 8.78 Å². The number of methoxy groups -OCH3 is 1. The Bertz CT molecular complexity index is 884. The Morgan fingerprint density at radius 3 is 2.43 bits per heavy atom. The van der Waals surface area contributed by atoms with Gasteiger partial charge < -0.3 is 25.0 Å². The number of hydrogen-bond acceptors (Lipinski definition) is 7. The summed E-state index contributed by atoms with van der Waals surface area (Å²) in [4.78, 5) is 27.5. The molecule has 196 valence electrons. The molecule has 4 rings (SSSR count). The fourth-order valence-electron chi connectivity index (χ4n) is 5.28. The maximum Gasteiger partial charge on any atom is 0.217 e. The number of benzene rings is 1. The van der Waals surface area contributed by atoms with Crippen LogP contribution in [0.4, 0.5) is 14.5 Å². The lowest BCUT2D eigenvalue weighted by atomic mass is 9.79. The molecule has 2 heterocycles. The molecule has 2 amide bonds. The minimum absolute atomic E-state index is 0.00310. The number of halogens is 2. The summed E-state index contributed by atoms with van der Waals surface area (Å²) in [7, 11) is 3.15. The molecule has 0 bridgehead atoms. The normalized spacial score (nSPS) is 30.7. The standard InChI is InChI=1S/C13H16F2N2O2.C11H21N3O2/c1-9-7-16(3-4-17(9)8-18)10-5-11(14)13(19-2)12(15)6-10;1-6-4-5-8-10(9(6)12-7(2)15)13-11(16)14(8)3/h5-6,8-9H,3-4,7H2,1-2H3;6,8-11,13,16H,4-5H2,1-3H3,(H,12,15)/t;6-,8?,9?,10+,11-/m.0/s1.